The lowest BCUT2D eigenvalue weighted by molar-refractivity contribution is -0.115. The number of ketones is 1. The number of hydrogen-bond donors (Lipinski definition) is 2. The Morgan fingerprint density at radius 3 is 2.24 bits per heavy atom. The van der Waals surface area contributed by atoms with Gasteiger partial charge in [0.25, 0.3) is 5.91 Å². The van der Waals surface area contributed by atoms with Crippen LogP contribution in [0.3, 0.4) is 0 Å². The average molecular weight is 444 g/mol. The van der Waals surface area contributed by atoms with E-state index in [0.29, 0.717) is 23.2 Å². The van der Waals surface area contributed by atoms with Gasteiger partial charge in [-0.2, -0.15) is 0 Å². The number of Topliss-reactive ketones (excluding diaryl/α,β-unsaturated/α-hetero) is 1. The Balaban J connectivity index is 1.63. The highest BCUT2D eigenvalue weighted by Gasteiger charge is 2.17. The molecule has 0 bridgehead atoms. The summed E-state index contributed by atoms with van der Waals surface area (Å²) in [6.45, 7) is 3.17. The fourth-order valence-electron chi connectivity index (χ4n) is 3.03. The van der Waals surface area contributed by atoms with Gasteiger partial charge in [0.1, 0.15) is 0 Å². The molecule has 3 aromatic carbocycles. The number of ether oxygens (including phenoxy) is 1. The van der Waals surface area contributed by atoms with Gasteiger partial charge in [0.2, 0.25) is 5.91 Å². The number of rotatable bonds is 8. The SMILES string of the molecule is CCC(=O)Nc1ccc(C(=O)COC(=O)c2ccccc2NC(=O)c2cccc(C)c2)cc1. The smallest absolute Gasteiger partial charge is 0.340 e. The van der Waals surface area contributed by atoms with Crippen molar-refractivity contribution in [3.8, 4) is 0 Å². The van der Waals surface area contributed by atoms with Gasteiger partial charge in [-0.3, -0.25) is 14.4 Å². The van der Waals surface area contributed by atoms with E-state index in [1.54, 1.807) is 67.6 Å². The van der Waals surface area contributed by atoms with Crippen LogP contribution in [0.2, 0.25) is 0 Å². The van der Waals surface area contributed by atoms with Gasteiger partial charge in [-0.15, -0.1) is 0 Å². The highest BCUT2D eigenvalue weighted by Crippen LogP contribution is 2.18. The Labute approximate surface area is 191 Å². The number of esters is 1. The predicted molar refractivity (Wildman–Crippen MR) is 126 cm³/mol. The molecule has 0 aliphatic rings. The van der Waals surface area contributed by atoms with Crippen molar-refractivity contribution in [2.45, 2.75) is 20.3 Å². The fourth-order valence-corrected chi connectivity index (χ4v) is 3.03. The van der Waals surface area contributed by atoms with E-state index in [4.69, 9.17) is 4.74 Å². The number of anilines is 2. The summed E-state index contributed by atoms with van der Waals surface area (Å²) in [6, 6.07) is 19.9. The van der Waals surface area contributed by atoms with Crippen LogP contribution < -0.4 is 10.6 Å². The molecule has 0 saturated heterocycles. The highest BCUT2D eigenvalue weighted by molar-refractivity contribution is 6.08. The van der Waals surface area contributed by atoms with E-state index in [0.717, 1.165) is 5.56 Å². The zero-order valence-corrected chi connectivity index (χ0v) is 18.4. The van der Waals surface area contributed by atoms with Gasteiger partial charge < -0.3 is 15.4 Å². The molecule has 0 aliphatic heterocycles. The van der Waals surface area contributed by atoms with Gasteiger partial charge in [0.05, 0.1) is 11.3 Å². The van der Waals surface area contributed by atoms with E-state index in [1.165, 1.54) is 6.07 Å². The topological polar surface area (TPSA) is 102 Å². The molecule has 2 N–H and O–H groups in total. The molecule has 7 nitrogen and oxygen atoms in total. The largest absolute Gasteiger partial charge is 0.454 e. The van der Waals surface area contributed by atoms with Crippen molar-refractivity contribution in [1.82, 2.24) is 0 Å². The lowest BCUT2D eigenvalue weighted by Crippen LogP contribution is -2.18. The average Bonchev–Trinajstić information content (AvgIpc) is 2.83. The Morgan fingerprint density at radius 1 is 0.818 bits per heavy atom. The quantitative estimate of drug-likeness (QED) is 0.389. The third-order valence-corrected chi connectivity index (χ3v) is 4.82. The van der Waals surface area contributed by atoms with Crippen LogP contribution in [0.25, 0.3) is 0 Å². The van der Waals surface area contributed by atoms with Crippen molar-refractivity contribution in [3.63, 3.8) is 0 Å². The zero-order valence-electron chi connectivity index (χ0n) is 18.4. The second-order valence-corrected chi connectivity index (χ2v) is 7.35. The Kier molecular flexibility index (Phi) is 7.70. The molecular weight excluding hydrogens is 420 g/mol. The normalized spacial score (nSPS) is 10.2. The molecule has 0 fully saturated rings. The van der Waals surface area contributed by atoms with Crippen LogP contribution in [0.1, 0.15) is 50.0 Å². The lowest BCUT2D eigenvalue weighted by atomic mass is 10.1. The number of benzene rings is 3. The van der Waals surface area contributed by atoms with E-state index in [-0.39, 0.29) is 23.1 Å². The van der Waals surface area contributed by atoms with E-state index in [2.05, 4.69) is 10.6 Å². The third-order valence-electron chi connectivity index (χ3n) is 4.82. The van der Waals surface area contributed by atoms with Crippen LogP contribution in [-0.4, -0.2) is 30.2 Å². The van der Waals surface area contributed by atoms with Crippen molar-refractivity contribution in [3.05, 3.63) is 95.1 Å². The summed E-state index contributed by atoms with van der Waals surface area (Å²) in [6.07, 6.45) is 0.351. The third kappa shape index (κ3) is 6.36. The summed E-state index contributed by atoms with van der Waals surface area (Å²) < 4.78 is 5.19. The molecule has 3 rings (SSSR count). The van der Waals surface area contributed by atoms with Crippen molar-refractivity contribution >= 4 is 34.9 Å². The molecule has 0 atom stereocenters. The van der Waals surface area contributed by atoms with Crippen LogP contribution in [-0.2, 0) is 9.53 Å². The molecule has 3 aromatic rings. The summed E-state index contributed by atoms with van der Waals surface area (Å²) in [5.74, 6) is -1.60. The Morgan fingerprint density at radius 2 is 1.55 bits per heavy atom. The van der Waals surface area contributed by atoms with Gasteiger partial charge in [-0.1, -0.05) is 36.8 Å². The fraction of sp³-hybridized carbons (Fsp3) is 0.154. The standard InChI is InChI=1S/C26H24N2O5/c1-3-24(30)27-20-13-11-18(12-14-20)23(29)16-33-26(32)21-9-4-5-10-22(21)28-25(31)19-8-6-7-17(2)15-19/h4-15H,3,16H2,1-2H3,(H,27,30)(H,28,31). The van der Waals surface area contributed by atoms with Crippen molar-refractivity contribution < 1.29 is 23.9 Å². The van der Waals surface area contributed by atoms with Crippen LogP contribution >= 0.6 is 0 Å². The van der Waals surface area contributed by atoms with Gasteiger partial charge in [-0.05, 0) is 55.5 Å². The van der Waals surface area contributed by atoms with Crippen LogP contribution in [0, 0.1) is 6.92 Å². The summed E-state index contributed by atoms with van der Waals surface area (Å²) >= 11 is 0. The Hall–Kier alpha value is -4.26. The predicted octanol–water partition coefficient (Wildman–Crippen LogP) is 4.64. The first-order valence-corrected chi connectivity index (χ1v) is 10.4. The summed E-state index contributed by atoms with van der Waals surface area (Å²) in [7, 11) is 0. The number of carbonyl (C=O) groups is 4. The minimum atomic E-state index is -0.727. The maximum atomic E-state index is 12.6. The molecule has 168 valence electrons. The van der Waals surface area contributed by atoms with Crippen molar-refractivity contribution in [2.75, 3.05) is 17.2 Å². The van der Waals surface area contributed by atoms with Gasteiger partial charge >= 0.3 is 5.97 Å². The number of para-hydroxylation sites is 1. The van der Waals surface area contributed by atoms with E-state index >= 15 is 0 Å². The number of carbonyl (C=O) groups excluding carboxylic acids is 4. The number of aryl methyl sites for hydroxylation is 1. The molecule has 0 aliphatic carbocycles. The number of hydrogen-bond acceptors (Lipinski definition) is 5. The number of amides is 2. The minimum absolute atomic E-state index is 0.129. The first-order valence-electron chi connectivity index (χ1n) is 10.4. The van der Waals surface area contributed by atoms with Crippen molar-refractivity contribution in [1.29, 1.82) is 0 Å². The lowest BCUT2D eigenvalue weighted by Gasteiger charge is -2.11. The molecule has 0 heterocycles. The van der Waals surface area contributed by atoms with Crippen LogP contribution in [0.4, 0.5) is 11.4 Å². The first kappa shape index (κ1) is 23.4. The highest BCUT2D eigenvalue weighted by atomic mass is 16.5. The zero-order chi connectivity index (χ0) is 23.8. The Bertz CT molecular complexity index is 1190. The van der Waals surface area contributed by atoms with Gasteiger partial charge in [-0.25, -0.2) is 4.79 Å². The second kappa shape index (κ2) is 10.9. The van der Waals surface area contributed by atoms with Crippen LogP contribution in [0.5, 0.6) is 0 Å². The number of nitrogens with one attached hydrogen (secondary N) is 2. The van der Waals surface area contributed by atoms with Gasteiger partial charge in [0.15, 0.2) is 12.4 Å². The monoisotopic (exact) mass is 444 g/mol. The molecule has 0 unspecified atom stereocenters. The summed E-state index contributed by atoms with van der Waals surface area (Å²) in [4.78, 5) is 49.0. The molecule has 0 aromatic heterocycles. The van der Waals surface area contributed by atoms with Gasteiger partial charge in [0, 0.05) is 23.2 Å². The van der Waals surface area contributed by atoms with Crippen molar-refractivity contribution in [2.24, 2.45) is 0 Å². The molecular formula is C26H24N2O5. The van der Waals surface area contributed by atoms with E-state index < -0.39 is 18.4 Å². The molecule has 2 amide bonds. The molecule has 0 radical (unpaired) electrons. The molecule has 33 heavy (non-hydrogen) atoms. The van der Waals surface area contributed by atoms with Crippen LogP contribution in [0.15, 0.2) is 72.8 Å². The van der Waals surface area contributed by atoms with E-state index in [1.807, 2.05) is 13.0 Å². The maximum absolute atomic E-state index is 12.6. The van der Waals surface area contributed by atoms with E-state index in [9.17, 15) is 19.2 Å². The second-order valence-electron chi connectivity index (χ2n) is 7.35. The summed E-state index contributed by atoms with van der Waals surface area (Å²) in [5, 5.41) is 5.42. The first-order chi connectivity index (χ1) is 15.9. The molecule has 0 spiro atoms. The summed E-state index contributed by atoms with van der Waals surface area (Å²) in [5.41, 5.74) is 2.76. The maximum Gasteiger partial charge on any atom is 0.340 e. The minimum Gasteiger partial charge on any atom is -0.454 e. The molecule has 0 saturated carbocycles. The molecule has 7 heteroatoms.